The maximum Gasteiger partial charge on any atom is 0.224 e. The fraction of sp³-hybridized carbons (Fsp3) is 0.417. The van der Waals surface area contributed by atoms with Crippen LogP contribution in [0.4, 0.5) is 4.39 Å². The number of nitrogens with two attached hydrogens (primary N) is 1. The van der Waals surface area contributed by atoms with E-state index in [0.717, 1.165) is 5.56 Å². The Bertz CT molecular complexity index is 337. The highest BCUT2D eigenvalue weighted by Gasteiger charge is 2.16. The van der Waals surface area contributed by atoms with Gasteiger partial charge in [-0.1, -0.05) is 12.1 Å². The fourth-order valence-electron chi connectivity index (χ4n) is 1.51. The Morgan fingerprint density at radius 1 is 1.44 bits per heavy atom. The highest BCUT2D eigenvalue weighted by Crippen LogP contribution is 2.09. The number of nitrogens with one attached hydrogen (secondary N) is 1. The van der Waals surface area contributed by atoms with Crippen molar-refractivity contribution in [2.75, 3.05) is 13.1 Å². The second kappa shape index (κ2) is 6.23. The van der Waals surface area contributed by atoms with E-state index in [1.807, 2.05) is 6.92 Å². The largest absolute Gasteiger partial charge is 0.356 e. The summed E-state index contributed by atoms with van der Waals surface area (Å²) in [5.74, 6) is -0.564. The third-order valence-electron chi connectivity index (χ3n) is 2.40. The van der Waals surface area contributed by atoms with Gasteiger partial charge in [-0.2, -0.15) is 0 Å². The molecule has 88 valence electrons. The lowest BCUT2D eigenvalue weighted by Crippen LogP contribution is -2.36. The van der Waals surface area contributed by atoms with Crippen LogP contribution in [0.15, 0.2) is 24.3 Å². The number of amides is 1. The van der Waals surface area contributed by atoms with E-state index in [1.165, 1.54) is 12.1 Å². The molecule has 0 bridgehead atoms. The van der Waals surface area contributed by atoms with Crippen molar-refractivity contribution >= 4 is 5.91 Å². The van der Waals surface area contributed by atoms with E-state index in [-0.39, 0.29) is 17.6 Å². The first kappa shape index (κ1) is 12.6. The highest BCUT2D eigenvalue weighted by molar-refractivity contribution is 5.79. The summed E-state index contributed by atoms with van der Waals surface area (Å²) in [4.78, 5) is 11.6. The topological polar surface area (TPSA) is 55.1 Å². The predicted molar refractivity (Wildman–Crippen MR) is 61.3 cm³/mol. The molecule has 0 heterocycles. The number of carbonyl (C=O) groups excluding carboxylic acids is 1. The second-order valence-electron chi connectivity index (χ2n) is 3.66. The number of benzene rings is 1. The first-order valence-electron chi connectivity index (χ1n) is 5.39. The van der Waals surface area contributed by atoms with E-state index in [2.05, 4.69) is 5.32 Å². The molecule has 16 heavy (non-hydrogen) atoms. The normalized spacial score (nSPS) is 12.2. The standard InChI is InChI=1S/C12H17FN2O/c1-2-15-12(16)10(8-14)7-9-3-5-11(13)6-4-9/h3-6,10H,2,7-8,14H2,1H3,(H,15,16). The van der Waals surface area contributed by atoms with Crippen molar-refractivity contribution < 1.29 is 9.18 Å². The van der Waals surface area contributed by atoms with Crippen LogP contribution in [0.25, 0.3) is 0 Å². The van der Waals surface area contributed by atoms with E-state index in [1.54, 1.807) is 12.1 Å². The van der Waals surface area contributed by atoms with E-state index >= 15 is 0 Å². The van der Waals surface area contributed by atoms with Gasteiger partial charge in [-0.3, -0.25) is 4.79 Å². The van der Waals surface area contributed by atoms with Crippen LogP contribution >= 0.6 is 0 Å². The van der Waals surface area contributed by atoms with E-state index in [4.69, 9.17) is 5.73 Å². The molecule has 0 fully saturated rings. The Morgan fingerprint density at radius 2 is 2.06 bits per heavy atom. The molecule has 0 aliphatic carbocycles. The Morgan fingerprint density at radius 3 is 2.56 bits per heavy atom. The molecule has 1 aromatic carbocycles. The zero-order chi connectivity index (χ0) is 12.0. The fourth-order valence-corrected chi connectivity index (χ4v) is 1.51. The molecule has 3 N–H and O–H groups in total. The minimum Gasteiger partial charge on any atom is -0.356 e. The quantitative estimate of drug-likeness (QED) is 0.786. The molecule has 0 aliphatic rings. The molecule has 3 nitrogen and oxygen atoms in total. The van der Waals surface area contributed by atoms with Crippen LogP contribution < -0.4 is 11.1 Å². The molecule has 0 saturated carbocycles. The van der Waals surface area contributed by atoms with Crippen LogP contribution in [0.1, 0.15) is 12.5 Å². The minimum atomic E-state index is -0.272. The minimum absolute atomic E-state index is 0.0469. The molecule has 1 atom stereocenters. The van der Waals surface area contributed by atoms with E-state index < -0.39 is 0 Å². The van der Waals surface area contributed by atoms with Gasteiger partial charge < -0.3 is 11.1 Å². The van der Waals surface area contributed by atoms with Crippen LogP contribution in [0.2, 0.25) is 0 Å². The molecule has 1 unspecified atom stereocenters. The van der Waals surface area contributed by atoms with Gasteiger partial charge >= 0.3 is 0 Å². The Kier molecular flexibility index (Phi) is 4.92. The predicted octanol–water partition coefficient (Wildman–Crippen LogP) is 1.08. The van der Waals surface area contributed by atoms with Crippen LogP contribution in [0.5, 0.6) is 0 Å². The number of hydrogen-bond acceptors (Lipinski definition) is 2. The summed E-state index contributed by atoms with van der Waals surface area (Å²) in [5.41, 5.74) is 6.47. The summed E-state index contributed by atoms with van der Waals surface area (Å²) in [6.45, 7) is 2.76. The molecule has 0 aromatic heterocycles. The molecule has 4 heteroatoms. The SMILES string of the molecule is CCNC(=O)C(CN)Cc1ccc(F)cc1. The lowest BCUT2D eigenvalue weighted by Gasteiger charge is -2.14. The third-order valence-corrected chi connectivity index (χ3v) is 2.40. The molecule has 0 radical (unpaired) electrons. The van der Waals surface area contributed by atoms with Gasteiger partial charge in [0, 0.05) is 13.1 Å². The third kappa shape index (κ3) is 3.62. The first-order valence-corrected chi connectivity index (χ1v) is 5.39. The van der Waals surface area contributed by atoms with Gasteiger partial charge in [0.2, 0.25) is 5.91 Å². The van der Waals surface area contributed by atoms with Crippen molar-refractivity contribution in [3.05, 3.63) is 35.6 Å². The molecular weight excluding hydrogens is 207 g/mol. The van der Waals surface area contributed by atoms with Crippen molar-refractivity contribution in [2.24, 2.45) is 11.7 Å². The lowest BCUT2D eigenvalue weighted by molar-refractivity contribution is -0.124. The van der Waals surface area contributed by atoms with Crippen molar-refractivity contribution in [3.8, 4) is 0 Å². The van der Waals surface area contributed by atoms with Crippen molar-refractivity contribution in [2.45, 2.75) is 13.3 Å². The van der Waals surface area contributed by atoms with Crippen molar-refractivity contribution in [1.29, 1.82) is 0 Å². The summed E-state index contributed by atoms with van der Waals surface area (Å²) in [6.07, 6.45) is 0.544. The summed E-state index contributed by atoms with van der Waals surface area (Å²) in [6, 6.07) is 6.13. The molecule has 1 rings (SSSR count). The maximum atomic E-state index is 12.7. The first-order chi connectivity index (χ1) is 7.67. The molecular formula is C12H17FN2O. The molecule has 0 saturated heterocycles. The monoisotopic (exact) mass is 224 g/mol. The lowest BCUT2D eigenvalue weighted by atomic mass is 9.98. The molecule has 0 spiro atoms. The van der Waals surface area contributed by atoms with Gasteiger partial charge in [0.05, 0.1) is 5.92 Å². The van der Waals surface area contributed by atoms with E-state index in [9.17, 15) is 9.18 Å². The van der Waals surface area contributed by atoms with Crippen LogP contribution in [0.3, 0.4) is 0 Å². The molecule has 0 aliphatic heterocycles. The van der Waals surface area contributed by atoms with Crippen LogP contribution in [-0.4, -0.2) is 19.0 Å². The summed E-state index contributed by atoms with van der Waals surface area (Å²) in [7, 11) is 0. The zero-order valence-electron chi connectivity index (χ0n) is 9.37. The van der Waals surface area contributed by atoms with Gasteiger partial charge in [0.1, 0.15) is 5.82 Å². The zero-order valence-corrected chi connectivity index (χ0v) is 9.37. The molecule has 1 amide bonds. The number of carbonyl (C=O) groups is 1. The van der Waals surface area contributed by atoms with Crippen molar-refractivity contribution in [1.82, 2.24) is 5.32 Å². The van der Waals surface area contributed by atoms with Gasteiger partial charge in [0.15, 0.2) is 0 Å². The van der Waals surface area contributed by atoms with Crippen molar-refractivity contribution in [3.63, 3.8) is 0 Å². The smallest absolute Gasteiger partial charge is 0.224 e. The summed E-state index contributed by atoms with van der Waals surface area (Å²) in [5, 5.41) is 2.74. The van der Waals surface area contributed by atoms with Gasteiger partial charge in [-0.05, 0) is 31.0 Å². The van der Waals surface area contributed by atoms with Crippen LogP contribution in [-0.2, 0) is 11.2 Å². The van der Waals surface area contributed by atoms with Gasteiger partial charge in [-0.15, -0.1) is 0 Å². The average Bonchev–Trinajstić information content (AvgIpc) is 2.28. The van der Waals surface area contributed by atoms with Gasteiger partial charge in [0.25, 0.3) is 0 Å². The second-order valence-corrected chi connectivity index (χ2v) is 3.66. The van der Waals surface area contributed by atoms with E-state index in [0.29, 0.717) is 19.5 Å². The molecule has 1 aromatic rings. The number of hydrogen-bond donors (Lipinski definition) is 2. The highest BCUT2D eigenvalue weighted by atomic mass is 19.1. The summed E-state index contributed by atoms with van der Waals surface area (Å²) < 4.78 is 12.7. The Labute approximate surface area is 94.8 Å². The number of rotatable bonds is 5. The van der Waals surface area contributed by atoms with Crippen LogP contribution in [0, 0.1) is 11.7 Å². The Balaban J connectivity index is 2.62. The average molecular weight is 224 g/mol. The van der Waals surface area contributed by atoms with Gasteiger partial charge in [-0.25, -0.2) is 4.39 Å². The summed E-state index contributed by atoms with van der Waals surface area (Å²) >= 11 is 0. The number of halogens is 1. The maximum absolute atomic E-state index is 12.7. The Hall–Kier alpha value is -1.42.